The van der Waals surface area contributed by atoms with Crippen LogP contribution in [-0.2, 0) is 6.18 Å². The molecule has 0 bridgehead atoms. The van der Waals surface area contributed by atoms with E-state index in [4.69, 9.17) is 0 Å². The fourth-order valence-electron chi connectivity index (χ4n) is 1.44. The first-order valence-corrected chi connectivity index (χ1v) is 5.50. The molecular weight excluding hydrogens is 273 g/mol. The Hall–Kier alpha value is -2.51. The topological polar surface area (TPSA) is 67.8 Å². The molecule has 0 radical (unpaired) electrons. The van der Waals surface area contributed by atoms with Crippen molar-refractivity contribution < 1.29 is 18.0 Å². The van der Waals surface area contributed by atoms with Crippen LogP contribution in [0.3, 0.4) is 0 Å². The molecule has 0 atom stereocenters. The van der Waals surface area contributed by atoms with Gasteiger partial charge < -0.3 is 5.32 Å². The number of hydrogen-bond donors (Lipinski definition) is 1. The molecule has 1 amide bonds. The van der Waals surface area contributed by atoms with Crippen LogP contribution in [0, 0.1) is 6.92 Å². The van der Waals surface area contributed by atoms with Crippen LogP contribution in [0.2, 0.25) is 0 Å². The summed E-state index contributed by atoms with van der Waals surface area (Å²) in [6, 6.07) is 4.33. The number of amides is 1. The van der Waals surface area contributed by atoms with Crippen LogP contribution in [0.4, 0.5) is 18.9 Å². The molecule has 20 heavy (non-hydrogen) atoms. The first-order valence-electron chi connectivity index (χ1n) is 5.50. The summed E-state index contributed by atoms with van der Waals surface area (Å²) in [6.07, 6.45) is -1.82. The van der Waals surface area contributed by atoms with E-state index in [9.17, 15) is 18.0 Å². The summed E-state index contributed by atoms with van der Waals surface area (Å²) in [5.74, 6) is -2.09. The number of carbonyl (C=O) groups excluding carboxylic acids is 1. The Morgan fingerprint density at radius 3 is 2.65 bits per heavy atom. The molecule has 0 aliphatic rings. The van der Waals surface area contributed by atoms with Gasteiger partial charge in [-0.15, -0.1) is 0 Å². The molecule has 0 aromatic carbocycles. The number of halogens is 3. The van der Waals surface area contributed by atoms with Crippen molar-refractivity contribution in [3.05, 3.63) is 47.8 Å². The van der Waals surface area contributed by atoms with Gasteiger partial charge in [0.05, 0.1) is 11.9 Å². The van der Waals surface area contributed by atoms with Gasteiger partial charge in [-0.1, -0.05) is 0 Å². The highest BCUT2D eigenvalue weighted by Gasteiger charge is 2.35. The smallest absolute Gasteiger partial charge is 0.319 e. The third-order valence-corrected chi connectivity index (χ3v) is 2.26. The summed E-state index contributed by atoms with van der Waals surface area (Å²) in [4.78, 5) is 22.1. The second-order valence-electron chi connectivity index (χ2n) is 3.91. The lowest BCUT2D eigenvalue weighted by molar-refractivity contribution is -0.145. The first kappa shape index (κ1) is 13.9. The van der Waals surface area contributed by atoms with Crippen molar-refractivity contribution in [3.8, 4) is 0 Å². The van der Waals surface area contributed by atoms with Crippen molar-refractivity contribution in [1.82, 2.24) is 15.0 Å². The highest BCUT2D eigenvalue weighted by Crippen LogP contribution is 2.26. The Bertz CT molecular complexity index is 628. The zero-order chi connectivity index (χ0) is 14.8. The van der Waals surface area contributed by atoms with E-state index in [0.29, 0.717) is 5.69 Å². The van der Waals surface area contributed by atoms with E-state index in [1.54, 1.807) is 12.1 Å². The summed E-state index contributed by atoms with van der Waals surface area (Å²) < 4.78 is 37.7. The summed E-state index contributed by atoms with van der Waals surface area (Å²) in [5, 5.41) is 2.41. The minimum atomic E-state index is -4.70. The van der Waals surface area contributed by atoms with Gasteiger partial charge >= 0.3 is 6.18 Å². The minimum Gasteiger partial charge on any atom is -0.319 e. The number of hydrogen-bond acceptors (Lipinski definition) is 4. The second-order valence-corrected chi connectivity index (χ2v) is 3.91. The molecule has 0 aliphatic carbocycles. The van der Waals surface area contributed by atoms with Crippen molar-refractivity contribution in [2.45, 2.75) is 13.1 Å². The van der Waals surface area contributed by atoms with Gasteiger partial charge in [-0.3, -0.25) is 9.78 Å². The van der Waals surface area contributed by atoms with Crippen LogP contribution >= 0.6 is 0 Å². The second kappa shape index (κ2) is 5.24. The predicted octanol–water partition coefficient (Wildman–Crippen LogP) is 2.45. The number of alkyl halides is 3. The zero-order valence-electron chi connectivity index (χ0n) is 10.3. The van der Waals surface area contributed by atoms with Gasteiger partial charge in [-0.25, -0.2) is 9.97 Å². The number of anilines is 1. The normalized spacial score (nSPS) is 11.2. The van der Waals surface area contributed by atoms with Gasteiger partial charge in [0.15, 0.2) is 0 Å². The predicted molar refractivity (Wildman–Crippen MR) is 64.0 cm³/mol. The third kappa shape index (κ3) is 3.28. The molecular formula is C12H9F3N4O. The molecule has 2 aromatic heterocycles. The average molecular weight is 282 g/mol. The van der Waals surface area contributed by atoms with Crippen molar-refractivity contribution in [2.75, 3.05) is 5.32 Å². The average Bonchev–Trinajstić information content (AvgIpc) is 2.38. The third-order valence-electron chi connectivity index (χ3n) is 2.26. The van der Waals surface area contributed by atoms with Gasteiger partial charge in [0.1, 0.15) is 5.69 Å². The van der Waals surface area contributed by atoms with Crippen LogP contribution in [0.25, 0.3) is 0 Å². The van der Waals surface area contributed by atoms with Crippen LogP contribution in [-0.4, -0.2) is 20.9 Å². The number of nitrogens with one attached hydrogen (secondary N) is 1. The summed E-state index contributed by atoms with van der Waals surface area (Å²) in [7, 11) is 0. The summed E-state index contributed by atoms with van der Waals surface area (Å²) >= 11 is 0. The zero-order valence-corrected chi connectivity index (χ0v) is 10.3. The maximum atomic E-state index is 12.6. The standard InChI is InChI=1S/C12H9F3N4O/c1-7-5-9(19-11(17-7)12(13,14)15)10(20)18-8-3-2-4-16-6-8/h2-6H,1H3,(H,18,20). The molecule has 8 heteroatoms. The highest BCUT2D eigenvalue weighted by atomic mass is 19.4. The van der Waals surface area contributed by atoms with Gasteiger partial charge in [0.2, 0.25) is 5.82 Å². The number of aryl methyl sites for hydroxylation is 1. The molecule has 0 aliphatic heterocycles. The number of aromatic nitrogens is 3. The number of carbonyl (C=O) groups is 1. The van der Waals surface area contributed by atoms with E-state index >= 15 is 0 Å². The fraction of sp³-hybridized carbons (Fsp3) is 0.167. The largest absolute Gasteiger partial charge is 0.451 e. The van der Waals surface area contributed by atoms with Gasteiger partial charge in [-0.05, 0) is 25.1 Å². The Morgan fingerprint density at radius 2 is 2.05 bits per heavy atom. The molecule has 2 rings (SSSR count). The van der Waals surface area contributed by atoms with Gasteiger partial charge in [-0.2, -0.15) is 13.2 Å². The van der Waals surface area contributed by atoms with Crippen molar-refractivity contribution >= 4 is 11.6 Å². The first-order chi connectivity index (χ1) is 9.36. The summed E-state index contributed by atoms with van der Waals surface area (Å²) in [5.41, 5.74) is 0.0691. The molecule has 5 nitrogen and oxygen atoms in total. The minimum absolute atomic E-state index is 0.0589. The maximum absolute atomic E-state index is 12.6. The Morgan fingerprint density at radius 1 is 1.30 bits per heavy atom. The lowest BCUT2D eigenvalue weighted by atomic mass is 10.3. The van der Waals surface area contributed by atoms with Crippen LogP contribution in [0.1, 0.15) is 22.0 Å². The van der Waals surface area contributed by atoms with E-state index in [-0.39, 0.29) is 11.4 Å². The Kier molecular flexibility index (Phi) is 3.64. The molecule has 2 heterocycles. The van der Waals surface area contributed by atoms with Crippen LogP contribution < -0.4 is 5.32 Å². The van der Waals surface area contributed by atoms with Crippen molar-refractivity contribution in [2.24, 2.45) is 0 Å². The van der Waals surface area contributed by atoms with Crippen LogP contribution in [0.15, 0.2) is 30.6 Å². The molecule has 0 fully saturated rings. The van der Waals surface area contributed by atoms with Gasteiger partial charge in [0.25, 0.3) is 5.91 Å². The van der Waals surface area contributed by atoms with E-state index in [1.165, 1.54) is 25.4 Å². The van der Waals surface area contributed by atoms with E-state index in [1.807, 2.05) is 0 Å². The molecule has 0 saturated carbocycles. The molecule has 0 saturated heterocycles. The Labute approximate surface area is 111 Å². The lowest BCUT2D eigenvalue weighted by Crippen LogP contribution is -2.19. The quantitative estimate of drug-likeness (QED) is 0.918. The highest BCUT2D eigenvalue weighted by molar-refractivity contribution is 6.02. The van der Waals surface area contributed by atoms with Crippen molar-refractivity contribution in [1.29, 1.82) is 0 Å². The Balaban J connectivity index is 2.29. The van der Waals surface area contributed by atoms with Crippen LogP contribution in [0.5, 0.6) is 0 Å². The van der Waals surface area contributed by atoms with Gasteiger partial charge in [0, 0.05) is 11.9 Å². The number of rotatable bonds is 2. The maximum Gasteiger partial charge on any atom is 0.451 e. The lowest BCUT2D eigenvalue weighted by Gasteiger charge is -2.08. The monoisotopic (exact) mass is 282 g/mol. The summed E-state index contributed by atoms with van der Waals surface area (Å²) in [6.45, 7) is 1.36. The molecule has 0 spiro atoms. The number of pyridine rings is 1. The fourth-order valence-corrected chi connectivity index (χ4v) is 1.44. The van der Waals surface area contributed by atoms with E-state index in [2.05, 4.69) is 20.3 Å². The van der Waals surface area contributed by atoms with E-state index < -0.39 is 17.9 Å². The molecule has 2 aromatic rings. The molecule has 104 valence electrons. The molecule has 1 N–H and O–H groups in total. The molecule has 0 unspecified atom stereocenters. The van der Waals surface area contributed by atoms with Crippen molar-refractivity contribution in [3.63, 3.8) is 0 Å². The number of nitrogens with zero attached hydrogens (tertiary/aromatic N) is 3. The van der Waals surface area contributed by atoms with E-state index in [0.717, 1.165) is 0 Å². The SMILES string of the molecule is Cc1cc(C(=O)Nc2cccnc2)nc(C(F)(F)F)n1.